The van der Waals surface area contributed by atoms with Crippen molar-refractivity contribution in [1.82, 2.24) is 19.3 Å². The molecule has 0 aliphatic carbocycles. The van der Waals surface area contributed by atoms with Crippen LogP contribution in [-0.2, 0) is 20.6 Å². The molecule has 3 heterocycles. The number of esters is 1. The summed E-state index contributed by atoms with van der Waals surface area (Å²) in [6.07, 6.45) is 0.975. The van der Waals surface area contributed by atoms with E-state index >= 15 is 8.78 Å². The summed E-state index contributed by atoms with van der Waals surface area (Å²) in [5.41, 5.74) is 0.538. The fourth-order valence-electron chi connectivity index (χ4n) is 3.85. The number of morpholine rings is 1. The minimum absolute atomic E-state index is 0.0401. The van der Waals surface area contributed by atoms with Crippen molar-refractivity contribution < 1.29 is 32.6 Å². The third-order valence-corrected chi connectivity index (χ3v) is 5.43. The Hall–Kier alpha value is -3.60. The molecule has 0 saturated carbocycles. The summed E-state index contributed by atoms with van der Waals surface area (Å²) >= 11 is 0. The van der Waals surface area contributed by atoms with Crippen LogP contribution in [0.2, 0.25) is 0 Å². The molecule has 2 aromatic heterocycles. The van der Waals surface area contributed by atoms with Crippen molar-refractivity contribution in [3.63, 3.8) is 0 Å². The number of hydrogen-bond acceptors (Lipinski definition) is 7. The molecule has 1 aromatic carbocycles. The predicted molar refractivity (Wildman–Crippen MR) is 112 cm³/mol. The Morgan fingerprint density at radius 3 is 2.58 bits per heavy atom. The van der Waals surface area contributed by atoms with E-state index in [1.807, 2.05) is 0 Å². The first-order chi connectivity index (χ1) is 15.8. The number of methoxy groups -OCH3 is 2. The van der Waals surface area contributed by atoms with Gasteiger partial charge in [-0.25, -0.2) is 28.3 Å². The molecule has 0 unspecified atom stereocenters. The van der Waals surface area contributed by atoms with Crippen molar-refractivity contribution in [2.75, 3.05) is 33.9 Å². The van der Waals surface area contributed by atoms with Gasteiger partial charge >= 0.3 is 12.1 Å². The molecule has 1 fully saturated rings. The number of carbonyl (C=O) groups is 2. The summed E-state index contributed by atoms with van der Waals surface area (Å²) in [5.74, 6) is -2.52. The minimum atomic E-state index is -0.961. The summed E-state index contributed by atoms with van der Waals surface area (Å²) < 4.78 is 46.9. The number of amides is 1. The summed E-state index contributed by atoms with van der Waals surface area (Å²) in [4.78, 5) is 33.9. The van der Waals surface area contributed by atoms with Gasteiger partial charge in [-0.15, -0.1) is 0 Å². The lowest BCUT2D eigenvalue weighted by molar-refractivity contribution is -0.0241. The molecule has 174 valence electrons. The lowest BCUT2D eigenvalue weighted by atomic mass is 10.0. The van der Waals surface area contributed by atoms with Gasteiger partial charge in [0.1, 0.15) is 17.3 Å². The molecule has 1 aliphatic heterocycles. The molecule has 3 aromatic rings. The van der Waals surface area contributed by atoms with Gasteiger partial charge in [-0.3, -0.25) is 4.40 Å². The number of aromatic nitrogens is 3. The van der Waals surface area contributed by atoms with Gasteiger partial charge in [0.2, 0.25) is 5.78 Å². The van der Waals surface area contributed by atoms with Crippen LogP contribution in [0.1, 0.15) is 21.7 Å². The van der Waals surface area contributed by atoms with E-state index in [1.165, 1.54) is 12.0 Å². The van der Waals surface area contributed by atoms with Crippen LogP contribution >= 0.6 is 0 Å². The maximum atomic E-state index is 15.1. The van der Waals surface area contributed by atoms with Crippen molar-refractivity contribution in [3.8, 4) is 11.3 Å². The van der Waals surface area contributed by atoms with Crippen molar-refractivity contribution in [2.24, 2.45) is 0 Å². The van der Waals surface area contributed by atoms with Crippen LogP contribution in [-0.4, -0.2) is 71.4 Å². The molecule has 0 spiro atoms. The van der Waals surface area contributed by atoms with E-state index in [1.54, 1.807) is 23.6 Å². The van der Waals surface area contributed by atoms with Gasteiger partial charge in [0, 0.05) is 24.9 Å². The maximum Gasteiger partial charge on any atom is 0.409 e. The zero-order valence-corrected chi connectivity index (χ0v) is 18.3. The van der Waals surface area contributed by atoms with Crippen LogP contribution in [0.15, 0.2) is 24.4 Å². The highest BCUT2D eigenvalue weighted by molar-refractivity contribution is 5.90. The average Bonchev–Trinajstić information content (AvgIpc) is 3.14. The quantitative estimate of drug-likeness (QED) is 0.553. The second kappa shape index (κ2) is 9.10. The second-order valence-corrected chi connectivity index (χ2v) is 7.57. The van der Waals surface area contributed by atoms with Gasteiger partial charge in [0.05, 0.1) is 50.3 Å². The lowest BCUT2D eigenvalue weighted by Gasteiger charge is -2.32. The Kier molecular flexibility index (Phi) is 6.23. The van der Waals surface area contributed by atoms with Crippen LogP contribution in [0, 0.1) is 18.6 Å². The lowest BCUT2D eigenvalue weighted by Crippen LogP contribution is -2.46. The van der Waals surface area contributed by atoms with Crippen LogP contribution in [0.5, 0.6) is 0 Å². The zero-order valence-electron chi connectivity index (χ0n) is 18.3. The number of fused-ring (bicyclic) bond motifs is 1. The highest BCUT2D eigenvalue weighted by atomic mass is 19.1. The number of carbonyl (C=O) groups excluding carboxylic acids is 2. The molecular formula is C22H22F2N4O5. The standard InChI is InChI=1S/C22H22F2N4O5/c1-12-4-5-28-17(10-14-11-27(6-7-33-14)22(30)32-3)19(26-21(28)25-12)18-15(23)8-13(9-16(18)24)20(29)31-2/h4-5,8-9,14H,6-7,10-11H2,1-3H3/t14-/m0/s1. The largest absolute Gasteiger partial charge is 0.465 e. The molecule has 0 radical (unpaired) electrons. The highest BCUT2D eigenvalue weighted by Gasteiger charge is 2.29. The molecule has 1 saturated heterocycles. The summed E-state index contributed by atoms with van der Waals surface area (Å²) in [6.45, 7) is 2.69. The van der Waals surface area contributed by atoms with E-state index in [2.05, 4.69) is 14.7 Å². The Morgan fingerprint density at radius 1 is 1.18 bits per heavy atom. The molecule has 4 rings (SSSR count). The Morgan fingerprint density at radius 2 is 1.91 bits per heavy atom. The van der Waals surface area contributed by atoms with E-state index in [9.17, 15) is 9.59 Å². The van der Waals surface area contributed by atoms with Gasteiger partial charge in [0.25, 0.3) is 0 Å². The maximum absolute atomic E-state index is 15.1. The molecular weight excluding hydrogens is 438 g/mol. The van der Waals surface area contributed by atoms with E-state index in [4.69, 9.17) is 9.47 Å². The minimum Gasteiger partial charge on any atom is -0.465 e. The first-order valence-electron chi connectivity index (χ1n) is 10.2. The monoisotopic (exact) mass is 460 g/mol. The Bertz CT molecular complexity index is 1210. The number of imidazole rings is 1. The summed E-state index contributed by atoms with van der Waals surface area (Å²) in [6, 6.07) is 3.57. The van der Waals surface area contributed by atoms with Crippen LogP contribution < -0.4 is 0 Å². The Labute approximate surface area is 187 Å². The van der Waals surface area contributed by atoms with Gasteiger partial charge < -0.3 is 19.1 Å². The van der Waals surface area contributed by atoms with Gasteiger partial charge in [-0.1, -0.05) is 0 Å². The smallest absolute Gasteiger partial charge is 0.409 e. The number of ether oxygens (including phenoxy) is 3. The number of benzene rings is 1. The van der Waals surface area contributed by atoms with Crippen molar-refractivity contribution in [2.45, 2.75) is 19.4 Å². The second-order valence-electron chi connectivity index (χ2n) is 7.57. The number of halogens is 2. The van der Waals surface area contributed by atoms with E-state index < -0.39 is 29.8 Å². The van der Waals surface area contributed by atoms with Crippen molar-refractivity contribution in [1.29, 1.82) is 0 Å². The predicted octanol–water partition coefficient (Wildman–Crippen LogP) is 2.78. The molecule has 1 amide bonds. The molecule has 33 heavy (non-hydrogen) atoms. The van der Waals surface area contributed by atoms with Crippen LogP contribution in [0.4, 0.5) is 13.6 Å². The topological polar surface area (TPSA) is 95.3 Å². The zero-order chi connectivity index (χ0) is 23.7. The first-order valence-corrected chi connectivity index (χ1v) is 10.2. The fourth-order valence-corrected chi connectivity index (χ4v) is 3.85. The Balaban J connectivity index is 1.79. The van der Waals surface area contributed by atoms with Crippen molar-refractivity contribution in [3.05, 3.63) is 53.0 Å². The molecule has 11 heteroatoms. The van der Waals surface area contributed by atoms with Gasteiger partial charge in [-0.2, -0.15) is 0 Å². The summed E-state index contributed by atoms with van der Waals surface area (Å²) in [5, 5.41) is 0. The molecule has 1 aliphatic rings. The molecule has 0 N–H and O–H groups in total. The third-order valence-electron chi connectivity index (χ3n) is 5.43. The van der Waals surface area contributed by atoms with Gasteiger partial charge in [0.15, 0.2) is 0 Å². The number of aryl methyl sites for hydroxylation is 1. The SMILES string of the molecule is COC(=O)c1cc(F)c(-c2nc3nc(C)ccn3c2C[C@H]2CN(C(=O)OC)CCO2)c(F)c1. The van der Waals surface area contributed by atoms with Gasteiger partial charge in [-0.05, 0) is 25.1 Å². The van der Waals surface area contributed by atoms with Crippen LogP contribution in [0.3, 0.4) is 0 Å². The normalized spacial score (nSPS) is 16.2. The molecule has 0 bridgehead atoms. The van der Waals surface area contributed by atoms with E-state index in [0.29, 0.717) is 24.5 Å². The number of hydrogen-bond donors (Lipinski definition) is 0. The first kappa shape index (κ1) is 22.6. The molecule has 9 nitrogen and oxygen atoms in total. The number of rotatable bonds is 4. The fraction of sp³-hybridized carbons (Fsp3) is 0.364. The number of nitrogens with zero attached hydrogens (tertiary/aromatic N) is 4. The highest BCUT2D eigenvalue weighted by Crippen LogP contribution is 2.31. The van der Waals surface area contributed by atoms with Crippen molar-refractivity contribution >= 4 is 17.8 Å². The third kappa shape index (κ3) is 4.36. The average molecular weight is 460 g/mol. The van der Waals surface area contributed by atoms with Crippen LogP contribution in [0.25, 0.3) is 17.0 Å². The summed E-state index contributed by atoms with van der Waals surface area (Å²) in [7, 11) is 2.43. The van der Waals surface area contributed by atoms with E-state index in [0.717, 1.165) is 19.2 Å². The molecule has 1 atom stereocenters. The van der Waals surface area contributed by atoms with E-state index in [-0.39, 0.29) is 35.6 Å².